The van der Waals surface area contributed by atoms with E-state index in [2.05, 4.69) is 6.58 Å². The average molecular weight is 254 g/mol. The van der Waals surface area contributed by atoms with Gasteiger partial charge in [-0.05, 0) is 6.92 Å². The molecule has 1 amide bonds. The Morgan fingerprint density at radius 1 is 1.44 bits per heavy atom. The largest absolute Gasteiger partial charge is 0.383 e. The Labute approximate surface area is 109 Å². The Morgan fingerprint density at radius 3 is 2.44 bits per heavy atom. The third kappa shape index (κ3) is 3.70. The monoisotopic (exact) mass is 254 g/mol. The van der Waals surface area contributed by atoms with Gasteiger partial charge in [0.2, 0.25) is 0 Å². The summed E-state index contributed by atoms with van der Waals surface area (Å²) in [5.41, 5.74) is 0.172. The van der Waals surface area contributed by atoms with Gasteiger partial charge in [0.05, 0.1) is 12.2 Å². The molecule has 0 aromatic carbocycles. The lowest BCUT2D eigenvalue weighted by atomic mass is 10.1. The molecule has 5 nitrogen and oxygen atoms in total. The Hall–Kier alpha value is -1.62. The van der Waals surface area contributed by atoms with Crippen LogP contribution in [0.2, 0.25) is 0 Å². The second kappa shape index (κ2) is 7.66. The molecule has 18 heavy (non-hydrogen) atoms. The highest BCUT2D eigenvalue weighted by atomic mass is 16.5. The molecule has 102 valence electrons. The zero-order valence-electron chi connectivity index (χ0n) is 11.8. The fourth-order valence-electron chi connectivity index (χ4n) is 1.40. The van der Waals surface area contributed by atoms with Crippen molar-refractivity contribution >= 4 is 11.7 Å². The lowest BCUT2D eigenvalue weighted by Gasteiger charge is -2.34. The quantitative estimate of drug-likeness (QED) is 0.711. The number of carbonyl (C=O) groups excluding carboxylic acids is 2. The van der Waals surface area contributed by atoms with Crippen LogP contribution in [0.5, 0.6) is 0 Å². The predicted octanol–water partition coefficient (Wildman–Crippen LogP) is 1.38. The maximum atomic E-state index is 11.7. The van der Waals surface area contributed by atoms with Crippen LogP contribution in [-0.2, 0) is 14.3 Å². The molecule has 1 heterocycles. The van der Waals surface area contributed by atoms with Crippen molar-refractivity contribution in [1.29, 1.82) is 0 Å². The Morgan fingerprint density at radius 2 is 2.00 bits per heavy atom. The van der Waals surface area contributed by atoms with E-state index in [-0.39, 0.29) is 17.3 Å². The van der Waals surface area contributed by atoms with Gasteiger partial charge in [0.1, 0.15) is 5.82 Å². The molecule has 1 aliphatic rings. The smallest absolute Gasteiger partial charge is 0.264 e. The minimum absolute atomic E-state index is 0.172. The first-order valence-electron chi connectivity index (χ1n) is 5.94. The number of methoxy groups -OCH3 is 1. The maximum absolute atomic E-state index is 11.7. The van der Waals surface area contributed by atoms with Crippen LogP contribution in [0.3, 0.4) is 0 Å². The zero-order valence-corrected chi connectivity index (χ0v) is 11.8. The predicted molar refractivity (Wildman–Crippen MR) is 70.6 cm³/mol. The summed E-state index contributed by atoms with van der Waals surface area (Å²) in [5.74, 6) is -0.00927. The van der Waals surface area contributed by atoms with Crippen LogP contribution in [-0.4, -0.2) is 48.8 Å². The van der Waals surface area contributed by atoms with Crippen LogP contribution in [0, 0.1) is 0 Å². The topological polar surface area (TPSA) is 49.9 Å². The Balaban J connectivity index is 0.00000137. The zero-order chi connectivity index (χ0) is 14.3. The van der Waals surface area contributed by atoms with Gasteiger partial charge in [-0.25, -0.2) is 0 Å². The fourth-order valence-corrected chi connectivity index (χ4v) is 1.40. The first-order valence-corrected chi connectivity index (χ1v) is 5.94. The van der Waals surface area contributed by atoms with Crippen molar-refractivity contribution in [2.75, 3.05) is 27.3 Å². The summed E-state index contributed by atoms with van der Waals surface area (Å²) in [5, 5.41) is 0. The van der Waals surface area contributed by atoms with E-state index >= 15 is 0 Å². The van der Waals surface area contributed by atoms with Crippen molar-refractivity contribution in [1.82, 2.24) is 9.80 Å². The van der Waals surface area contributed by atoms with Crippen LogP contribution < -0.4 is 0 Å². The number of ether oxygens (including phenoxy) is 1. The number of rotatable bonds is 4. The van der Waals surface area contributed by atoms with Gasteiger partial charge in [0, 0.05) is 26.9 Å². The van der Waals surface area contributed by atoms with E-state index in [0.29, 0.717) is 19.0 Å². The molecule has 0 N–H and O–H groups in total. The molecular weight excluding hydrogens is 232 g/mol. The number of hydrogen-bond acceptors (Lipinski definition) is 4. The highest BCUT2D eigenvalue weighted by Gasteiger charge is 2.28. The number of nitrogens with zero attached hydrogens (tertiary/aromatic N) is 2. The number of hydrogen-bond donors (Lipinski definition) is 0. The molecule has 0 saturated heterocycles. The molecular formula is C13H22N2O3. The number of carbonyl (C=O) groups is 2. The van der Waals surface area contributed by atoms with Crippen LogP contribution in [0.1, 0.15) is 20.8 Å². The minimum atomic E-state index is -0.314. The highest BCUT2D eigenvalue weighted by Crippen LogP contribution is 2.19. The molecule has 0 bridgehead atoms. The summed E-state index contributed by atoms with van der Waals surface area (Å²) in [7, 11) is 3.19. The summed E-state index contributed by atoms with van der Waals surface area (Å²) in [6.45, 7) is 10.2. The maximum Gasteiger partial charge on any atom is 0.264 e. The van der Waals surface area contributed by atoms with E-state index in [1.165, 1.54) is 18.0 Å². The standard InChI is InChI=1S/C11H16N2O3.C2H6/c1-8(14)10-7-13(5-6-16-4)9(2)12(3)11(10)15;1-2/h7H,2,5-6H2,1,3-4H3;1-2H3. The second-order valence-corrected chi connectivity index (χ2v) is 3.57. The van der Waals surface area contributed by atoms with E-state index in [1.807, 2.05) is 13.8 Å². The number of likely N-dealkylation sites (N-methyl/N-ethyl adjacent to an activating group) is 1. The van der Waals surface area contributed by atoms with E-state index in [0.717, 1.165) is 0 Å². The van der Waals surface area contributed by atoms with E-state index in [9.17, 15) is 9.59 Å². The number of amides is 1. The molecule has 0 fully saturated rings. The summed E-state index contributed by atoms with van der Waals surface area (Å²) < 4.78 is 4.95. The summed E-state index contributed by atoms with van der Waals surface area (Å²) in [6.07, 6.45) is 1.53. The van der Waals surface area contributed by atoms with Gasteiger partial charge in [0.15, 0.2) is 5.78 Å². The van der Waals surface area contributed by atoms with Crippen molar-refractivity contribution in [2.24, 2.45) is 0 Å². The highest BCUT2D eigenvalue weighted by molar-refractivity contribution is 6.19. The van der Waals surface area contributed by atoms with Gasteiger partial charge in [-0.2, -0.15) is 0 Å². The molecule has 1 aliphatic heterocycles. The molecule has 0 atom stereocenters. The van der Waals surface area contributed by atoms with Gasteiger partial charge in [-0.15, -0.1) is 0 Å². The first kappa shape index (κ1) is 16.4. The van der Waals surface area contributed by atoms with E-state index in [1.54, 1.807) is 19.1 Å². The van der Waals surface area contributed by atoms with Gasteiger partial charge in [-0.1, -0.05) is 20.4 Å². The fraction of sp³-hybridized carbons (Fsp3) is 0.538. The van der Waals surface area contributed by atoms with Crippen molar-refractivity contribution in [3.63, 3.8) is 0 Å². The summed E-state index contributed by atoms with van der Waals surface area (Å²) >= 11 is 0. The van der Waals surface area contributed by atoms with Gasteiger partial charge < -0.3 is 9.64 Å². The molecule has 1 rings (SSSR count). The molecule has 5 heteroatoms. The van der Waals surface area contributed by atoms with Gasteiger partial charge >= 0.3 is 0 Å². The lowest BCUT2D eigenvalue weighted by molar-refractivity contribution is -0.128. The number of ketones is 1. The molecule has 0 aromatic heterocycles. The molecule has 0 aliphatic carbocycles. The Kier molecular flexibility index (Phi) is 6.97. The van der Waals surface area contributed by atoms with Crippen LogP contribution >= 0.6 is 0 Å². The molecule has 0 spiro atoms. The number of Topliss-reactive ketones (excluding diaryl/α,β-unsaturated/α-hetero) is 1. The van der Waals surface area contributed by atoms with Crippen LogP contribution in [0.25, 0.3) is 0 Å². The third-order valence-electron chi connectivity index (χ3n) is 2.45. The van der Waals surface area contributed by atoms with Crippen molar-refractivity contribution < 1.29 is 14.3 Å². The van der Waals surface area contributed by atoms with Crippen LogP contribution in [0.15, 0.2) is 24.2 Å². The molecule has 0 unspecified atom stereocenters. The SMILES string of the molecule is C=C1N(CCOC)C=C(C(C)=O)C(=O)N1C.CC. The van der Waals surface area contributed by atoms with Gasteiger partial charge in [-0.3, -0.25) is 14.5 Å². The van der Waals surface area contributed by atoms with Gasteiger partial charge in [0.25, 0.3) is 5.91 Å². The first-order chi connectivity index (χ1) is 8.49. The lowest BCUT2D eigenvalue weighted by Crippen LogP contribution is -2.42. The minimum Gasteiger partial charge on any atom is -0.383 e. The summed E-state index contributed by atoms with van der Waals surface area (Å²) in [4.78, 5) is 26.1. The van der Waals surface area contributed by atoms with Crippen molar-refractivity contribution in [3.8, 4) is 0 Å². The van der Waals surface area contributed by atoms with E-state index in [4.69, 9.17) is 4.74 Å². The molecule has 0 saturated carbocycles. The van der Waals surface area contributed by atoms with Crippen molar-refractivity contribution in [2.45, 2.75) is 20.8 Å². The normalized spacial score (nSPS) is 15.1. The van der Waals surface area contributed by atoms with E-state index < -0.39 is 0 Å². The van der Waals surface area contributed by atoms with Crippen molar-refractivity contribution in [3.05, 3.63) is 24.2 Å². The van der Waals surface area contributed by atoms with Crippen LogP contribution in [0.4, 0.5) is 0 Å². The average Bonchev–Trinajstić information content (AvgIpc) is 2.37. The Bertz CT molecular complexity index is 361. The second-order valence-electron chi connectivity index (χ2n) is 3.57. The molecule has 0 radical (unpaired) electrons. The summed E-state index contributed by atoms with van der Waals surface area (Å²) in [6, 6.07) is 0. The third-order valence-corrected chi connectivity index (χ3v) is 2.45. The molecule has 0 aromatic rings.